The van der Waals surface area contributed by atoms with E-state index in [9.17, 15) is 0 Å². The van der Waals surface area contributed by atoms with Gasteiger partial charge in [0.15, 0.2) is 0 Å². The fourth-order valence-electron chi connectivity index (χ4n) is 1.56. The van der Waals surface area contributed by atoms with Crippen LogP contribution in [-0.4, -0.2) is 15.1 Å². The molecule has 1 aliphatic carbocycles. The molecule has 0 aliphatic heterocycles. The lowest BCUT2D eigenvalue weighted by molar-refractivity contribution is 0.275. The Hall–Kier alpha value is -0.960. The number of aliphatic hydroxyl groups is 1. The molecular formula is C8H10N2O. The first kappa shape index (κ1) is 6.73. The molecule has 58 valence electrons. The number of aliphatic hydroxyl groups excluding tert-OH is 1. The summed E-state index contributed by atoms with van der Waals surface area (Å²) in [6.07, 6.45) is 4.77. The summed E-state index contributed by atoms with van der Waals surface area (Å²) >= 11 is 0. The Labute approximate surface area is 65.1 Å². The summed E-state index contributed by atoms with van der Waals surface area (Å²) in [7, 11) is 0. The second-order valence-corrected chi connectivity index (χ2v) is 2.76. The van der Waals surface area contributed by atoms with Gasteiger partial charge in [0.05, 0.1) is 12.3 Å². The van der Waals surface area contributed by atoms with E-state index in [1.54, 1.807) is 0 Å². The number of rotatable bonds is 1. The number of hydrogen-bond donors (Lipinski definition) is 1. The van der Waals surface area contributed by atoms with Crippen molar-refractivity contribution in [2.75, 3.05) is 0 Å². The summed E-state index contributed by atoms with van der Waals surface area (Å²) in [5, 5.41) is 8.91. The fourth-order valence-corrected chi connectivity index (χ4v) is 1.56. The highest BCUT2D eigenvalue weighted by molar-refractivity contribution is 5.28. The van der Waals surface area contributed by atoms with E-state index < -0.39 is 0 Å². The Balaban J connectivity index is 2.50. The molecule has 11 heavy (non-hydrogen) atoms. The van der Waals surface area contributed by atoms with Gasteiger partial charge in [0.2, 0.25) is 0 Å². The standard InChI is InChI=1S/C8H10N2O/c11-4-8-6-2-1-3-7(6)9-5-10-8/h5,11H,1-4H2. The summed E-state index contributed by atoms with van der Waals surface area (Å²) in [5.41, 5.74) is 3.12. The van der Waals surface area contributed by atoms with Crippen LogP contribution in [0.1, 0.15) is 23.4 Å². The minimum atomic E-state index is 0.0465. The topological polar surface area (TPSA) is 46.0 Å². The molecule has 0 aromatic carbocycles. The van der Waals surface area contributed by atoms with Crippen molar-refractivity contribution >= 4 is 0 Å². The van der Waals surface area contributed by atoms with Crippen LogP contribution in [0.15, 0.2) is 6.33 Å². The lowest BCUT2D eigenvalue weighted by Crippen LogP contribution is -1.98. The monoisotopic (exact) mass is 150 g/mol. The molecule has 0 amide bonds. The SMILES string of the molecule is OCc1ncnc2c1CCC2. The molecule has 0 fully saturated rings. The second-order valence-electron chi connectivity index (χ2n) is 2.76. The van der Waals surface area contributed by atoms with Crippen LogP contribution in [-0.2, 0) is 19.4 Å². The van der Waals surface area contributed by atoms with Crippen LogP contribution in [0, 0.1) is 0 Å². The molecule has 1 N–H and O–H groups in total. The molecule has 3 nitrogen and oxygen atoms in total. The normalized spacial score (nSPS) is 15.0. The first-order chi connectivity index (χ1) is 5.42. The van der Waals surface area contributed by atoms with Crippen LogP contribution in [0.4, 0.5) is 0 Å². The third-order valence-electron chi connectivity index (χ3n) is 2.11. The first-order valence-corrected chi connectivity index (χ1v) is 3.84. The maximum absolute atomic E-state index is 8.91. The Bertz CT molecular complexity index is 273. The van der Waals surface area contributed by atoms with E-state index in [0.717, 1.165) is 30.7 Å². The molecule has 1 heterocycles. The van der Waals surface area contributed by atoms with E-state index in [-0.39, 0.29) is 6.61 Å². The van der Waals surface area contributed by atoms with Crippen molar-refractivity contribution in [1.29, 1.82) is 0 Å². The van der Waals surface area contributed by atoms with Gasteiger partial charge < -0.3 is 5.11 Å². The molecule has 2 rings (SSSR count). The second kappa shape index (κ2) is 2.58. The van der Waals surface area contributed by atoms with E-state index in [1.165, 1.54) is 11.9 Å². The van der Waals surface area contributed by atoms with Crippen molar-refractivity contribution in [3.05, 3.63) is 23.3 Å². The molecule has 1 aromatic heterocycles. The summed E-state index contributed by atoms with van der Waals surface area (Å²) < 4.78 is 0. The lowest BCUT2D eigenvalue weighted by atomic mass is 10.2. The summed E-state index contributed by atoms with van der Waals surface area (Å²) in [6, 6.07) is 0. The highest BCUT2D eigenvalue weighted by Gasteiger charge is 2.15. The van der Waals surface area contributed by atoms with Crippen molar-refractivity contribution in [1.82, 2.24) is 9.97 Å². The molecule has 0 bridgehead atoms. The van der Waals surface area contributed by atoms with Crippen LogP contribution < -0.4 is 0 Å². The molecule has 0 spiro atoms. The van der Waals surface area contributed by atoms with Crippen molar-refractivity contribution in [2.24, 2.45) is 0 Å². The highest BCUT2D eigenvalue weighted by atomic mass is 16.3. The van der Waals surface area contributed by atoms with Gasteiger partial charge in [-0.2, -0.15) is 0 Å². The van der Waals surface area contributed by atoms with Crippen LogP contribution in [0.25, 0.3) is 0 Å². The summed E-state index contributed by atoms with van der Waals surface area (Å²) in [4.78, 5) is 8.15. The van der Waals surface area contributed by atoms with E-state index in [2.05, 4.69) is 9.97 Å². The van der Waals surface area contributed by atoms with E-state index >= 15 is 0 Å². The third kappa shape index (κ3) is 1.01. The number of fused-ring (bicyclic) bond motifs is 1. The third-order valence-corrected chi connectivity index (χ3v) is 2.11. The minimum Gasteiger partial charge on any atom is -0.390 e. The average molecular weight is 150 g/mol. The van der Waals surface area contributed by atoms with Gasteiger partial charge in [0.1, 0.15) is 6.33 Å². The van der Waals surface area contributed by atoms with Crippen LogP contribution in [0.5, 0.6) is 0 Å². The predicted molar refractivity (Wildman–Crippen MR) is 40.0 cm³/mol. The minimum absolute atomic E-state index is 0.0465. The molecule has 0 atom stereocenters. The summed E-state index contributed by atoms with van der Waals surface area (Å²) in [6.45, 7) is 0.0465. The average Bonchev–Trinajstić information content (AvgIpc) is 2.50. The van der Waals surface area contributed by atoms with Gasteiger partial charge in [0, 0.05) is 5.69 Å². The van der Waals surface area contributed by atoms with Gasteiger partial charge in [-0.15, -0.1) is 0 Å². The Morgan fingerprint density at radius 3 is 3.09 bits per heavy atom. The van der Waals surface area contributed by atoms with Gasteiger partial charge in [-0.1, -0.05) is 0 Å². The van der Waals surface area contributed by atoms with Gasteiger partial charge in [0.25, 0.3) is 0 Å². The largest absolute Gasteiger partial charge is 0.390 e. The maximum atomic E-state index is 8.91. The molecule has 0 saturated heterocycles. The molecule has 0 saturated carbocycles. The van der Waals surface area contributed by atoms with Crippen LogP contribution >= 0.6 is 0 Å². The van der Waals surface area contributed by atoms with E-state index in [4.69, 9.17) is 5.11 Å². The van der Waals surface area contributed by atoms with Gasteiger partial charge in [-0.25, -0.2) is 9.97 Å². The predicted octanol–water partition coefficient (Wildman–Crippen LogP) is 0.458. The zero-order valence-corrected chi connectivity index (χ0v) is 6.25. The van der Waals surface area contributed by atoms with Crippen LogP contribution in [0.3, 0.4) is 0 Å². The lowest BCUT2D eigenvalue weighted by Gasteiger charge is -2.01. The zero-order chi connectivity index (χ0) is 7.68. The Morgan fingerprint density at radius 1 is 1.36 bits per heavy atom. The Morgan fingerprint density at radius 2 is 2.27 bits per heavy atom. The molecule has 0 radical (unpaired) electrons. The number of nitrogens with zero attached hydrogens (tertiary/aromatic N) is 2. The maximum Gasteiger partial charge on any atom is 0.116 e. The molecular weight excluding hydrogens is 140 g/mol. The smallest absolute Gasteiger partial charge is 0.116 e. The van der Waals surface area contributed by atoms with Crippen molar-refractivity contribution in [2.45, 2.75) is 25.9 Å². The fraction of sp³-hybridized carbons (Fsp3) is 0.500. The quantitative estimate of drug-likeness (QED) is 0.632. The van der Waals surface area contributed by atoms with E-state index in [0.29, 0.717) is 0 Å². The molecule has 1 aromatic rings. The summed E-state index contributed by atoms with van der Waals surface area (Å²) in [5.74, 6) is 0. The number of aromatic nitrogens is 2. The van der Waals surface area contributed by atoms with Crippen molar-refractivity contribution < 1.29 is 5.11 Å². The molecule has 1 aliphatic rings. The van der Waals surface area contributed by atoms with Crippen LogP contribution in [0.2, 0.25) is 0 Å². The van der Waals surface area contributed by atoms with Gasteiger partial charge in [-0.3, -0.25) is 0 Å². The van der Waals surface area contributed by atoms with Gasteiger partial charge in [-0.05, 0) is 24.8 Å². The molecule has 0 unspecified atom stereocenters. The highest BCUT2D eigenvalue weighted by Crippen LogP contribution is 2.21. The zero-order valence-electron chi connectivity index (χ0n) is 6.25. The van der Waals surface area contributed by atoms with E-state index in [1.807, 2.05) is 0 Å². The van der Waals surface area contributed by atoms with Crippen molar-refractivity contribution in [3.8, 4) is 0 Å². The Kier molecular flexibility index (Phi) is 1.58. The number of hydrogen-bond acceptors (Lipinski definition) is 3. The number of aryl methyl sites for hydroxylation is 1. The van der Waals surface area contributed by atoms with Crippen molar-refractivity contribution in [3.63, 3.8) is 0 Å². The first-order valence-electron chi connectivity index (χ1n) is 3.84. The van der Waals surface area contributed by atoms with Gasteiger partial charge >= 0.3 is 0 Å². The molecule has 3 heteroatoms.